The summed E-state index contributed by atoms with van der Waals surface area (Å²) in [6.07, 6.45) is 2.38. The number of fused-ring (bicyclic) bond motifs is 1. The van der Waals surface area contributed by atoms with Gasteiger partial charge in [-0.05, 0) is 62.6 Å². The Kier molecular flexibility index (Phi) is 7.28. The van der Waals surface area contributed by atoms with Crippen LogP contribution < -0.4 is 4.31 Å². The van der Waals surface area contributed by atoms with Crippen molar-refractivity contribution < 1.29 is 27.5 Å². The molecule has 4 rings (SSSR count). The molecule has 2 aromatic rings. The van der Waals surface area contributed by atoms with Crippen LogP contribution in [0.1, 0.15) is 31.9 Å². The highest BCUT2D eigenvalue weighted by Crippen LogP contribution is 2.32. The van der Waals surface area contributed by atoms with Crippen molar-refractivity contribution in [2.75, 3.05) is 23.9 Å². The van der Waals surface area contributed by atoms with Crippen LogP contribution in [-0.2, 0) is 35.5 Å². The number of carbonyl (C=O) groups excluding carboxylic acids is 2. The normalized spacial score (nSPS) is 21.1. The van der Waals surface area contributed by atoms with Gasteiger partial charge in [0.2, 0.25) is 0 Å². The summed E-state index contributed by atoms with van der Waals surface area (Å²) in [5.74, 6) is -0.905. The molecule has 0 aliphatic carbocycles. The Morgan fingerprint density at radius 2 is 1.71 bits per heavy atom. The van der Waals surface area contributed by atoms with Crippen LogP contribution in [0.25, 0.3) is 6.08 Å². The maximum absolute atomic E-state index is 13.1. The minimum atomic E-state index is -3.68. The van der Waals surface area contributed by atoms with Crippen LogP contribution >= 0.6 is 0 Å². The molecule has 0 radical (unpaired) electrons. The third-order valence-electron chi connectivity index (χ3n) is 6.10. The molecule has 1 amide bonds. The van der Waals surface area contributed by atoms with Gasteiger partial charge in [0.1, 0.15) is 0 Å². The first kappa shape index (κ1) is 24.9. The first-order valence-corrected chi connectivity index (χ1v) is 13.1. The van der Waals surface area contributed by atoms with Crippen LogP contribution in [0.4, 0.5) is 5.69 Å². The van der Waals surface area contributed by atoms with E-state index in [9.17, 15) is 18.0 Å². The van der Waals surface area contributed by atoms with E-state index in [-0.39, 0.29) is 23.0 Å². The van der Waals surface area contributed by atoms with Crippen molar-refractivity contribution in [3.63, 3.8) is 0 Å². The number of nitrogens with zero attached hydrogens (tertiary/aromatic N) is 2. The van der Waals surface area contributed by atoms with E-state index in [1.54, 1.807) is 24.0 Å². The molecule has 0 N–H and O–H groups in total. The molecule has 0 bridgehead atoms. The summed E-state index contributed by atoms with van der Waals surface area (Å²) in [6, 6.07) is 13.8. The van der Waals surface area contributed by atoms with Gasteiger partial charge in [-0.2, -0.15) is 0 Å². The molecular formula is C26H30N2O6S. The number of amides is 1. The van der Waals surface area contributed by atoms with E-state index in [0.717, 1.165) is 5.56 Å². The zero-order valence-electron chi connectivity index (χ0n) is 20.1. The van der Waals surface area contributed by atoms with Gasteiger partial charge >= 0.3 is 5.97 Å². The molecule has 0 spiro atoms. The van der Waals surface area contributed by atoms with Crippen molar-refractivity contribution in [1.29, 1.82) is 0 Å². The molecule has 2 aliphatic heterocycles. The van der Waals surface area contributed by atoms with E-state index in [1.165, 1.54) is 28.6 Å². The summed E-state index contributed by atoms with van der Waals surface area (Å²) in [4.78, 5) is 26.7. The van der Waals surface area contributed by atoms with Gasteiger partial charge < -0.3 is 14.4 Å². The van der Waals surface area contributed by atoms with Crippen LogP contribution in [0, 0.1) is 0 Å². The topological polar surface area (TPSA) is 93.2 Å². The van der Waals surface area contributed by atoms with Crippen LogP contribution in [-0.4, -0.2) is 63.1 Å². The summed E-state index contributed by atoms with van der Waals surface area (Å²) in [6.45, 7) is 6.67. The SMILES string of the molecule is CC1CN(C(=O)C(C)OC(=O)/C=C/c2ccc(S(=O)(=O)N3CCc4ccccc43)cc2)CC(C)O1. The molecule has 8 nitrogen and oxygen atoms in total. The standard InChI is InChI=1S/C26H30N2O6S/c1-18-16-27(17-19(2)33-18)26(30)20(3)34-25(29)13-10-21-8-11-23(12-9-21)35(31,32)28-15-14-22-6-4-5-7-24(22)28/h4-13,18-20H,14-17H2,1-3H3/b13-10+. The van der Waals surface area contributed by atoms with Gasteiger partial charge in [-0.1, -0.05) is 30.3 Å². The maximum Gasteiger partial charge on any atom is 0.331 e. The van der Waals surface area contributed by atoms with Crippen molar-refractivity contribution in [3.8, 4) is 0 Å². The fourth-order valence-electron chi connectivity index (χ4n) is 4.48. The first-order chi connectivity index (χ1) is 16.6. The number of anilines is 1. The third-order valence-corrected chi connectivity index (χ3v) is 7.92. The number of para-hydroxylation sites is 1. The average molecular weight is 499 g/mol. The number of carbonyl (C=O) groups is 2. The van der Waals surface area contributed by atoms with Gasteiger partial charge in [-0.25, -0.2) is 13.2 Å². The van der Waals surface area contributed by atoms with Gasteiger partial charge in [0.05, 0.1) is 22.8 Å². The molecule has 9 heteroatoms. The highest BCUT2D eigenvalue weighted by Gasteiger charge is 2.31. The number of morpholine rings is 1. The molecule has 0 aromatic heterocycles. The zero-order valence-corrected chi connectivity index (χ0v) is 20.9. The summed E-state index contributed by atoms with van der Waals surface area (Å²) >= 11 is 0. The number of hydrogen-bond acceptors (Lipinski definition) is 6. The second kappa shape index (κ2) is 10.2. The molecule has 2 aromatic carbocycles. The second-order valence-electron chi connectivity index (χ2n) is 8.94. The Bertz CT molecular complexity index is 1210. The lowest BCUT2D eigenvalue weighted by Crippen LogP contribution is -2.51. The monoisotopic (exact) mass is 498 g/mol. The minimum absolute atomic E-state index is 0.0718. The number of sulfonamides is 1. The van der Waals surface area contributed by atoms with Crippen molar-refractivity contribution in [2.45, 2.75) is 50.4 Å². The Labute approximate surface area is 206 Å². The lowest BCUT2D eigenvalue weighted by atomic mass is 10.2. The Hall–Kier alpha value is -3.17. The van der Waals surface area contributed by atoms with Crippen molar-refractivity contribution >= 4 is 33.7 Å². The molecular weight excluding hydrogens is 468 g/mol. The van der Waals surface area contributed by atoms with Crippen LogP contribution in [0.2, 0.25) is 0 Å². The largest absolute Gasteiger partial charge is 0.449 e. The highest BCUT2D eigenvalue weighted by atomic mass is 32.2. The summed E-state index contributed by atoms with van der Waals surface area (Å²) < 4.78 is 38.6. The highest BCUT2D eigenvalue weighted by molar-refractivity contribution is 7.92. The van der Waals surface area contributed by atoms with Crippen molar-refractivity contribution in [1.82, 2.24) is 4.90 Å². The van der Waals surface area contributed by atoms with Gasteiger partial charge in [0.25, 0.3) is 15.9 Å². The number of rotatable bonds is 6. The summed E-state index contributed by atoms with van der Waals surface area (Å²) in [7, 11) is -3.68. The molecule has 1 saturated heterocycles. The van der Waals surface area contributed by atoms with Gasteiger partial charge in [-0.15, -0.1) is 0 Å². The molecule has 1 fully saturated rings. The first-order valence-electron chi connectivity index (χ1n) is 11.7. The van der Waals surface area contributed by atoms with E-state index in [2.05, 4.69) is 0 Å². The average Bonchev–Trinajstić information content (AvgIpc) is 3.27. The number of ether oxygens (including phenoxy) is 2. The lowest BCUT2D eigenvalue weighted by molar-refractivity contribution is -0.161. The van der Waals surface area contributed by atoms with Crippen LogP contribution in [0.5, 0.6) is 0 Å². The smallest absolute Gasteiger partial charge is 0.331 e. The molecule has 2 heterocycles. The van der Waals surface area contributed by atoms with Crippen molar-refractivity contribution in [2.24, 2.45) is 0 Å². The van der Waals surface area contributed by atoms with E-state index < -0.39 is 22.1 Å². The fraction of sp³-hybridized carbons (Fsp3) is 0.385. The zero-order chi connectivity index (χ0) is 25.2. The van der Waals surface area contributed by atoms with Crippen LogP contribution in [0.15, 0.2) is 59.5 Å². The molecule has 186 valence electrons. The molecule has 35 heavy (non-hydrogen) atoms. The van der Waals surface area contributed by atoms with Gasteiger partial charge in [0.15, 0.2) is 6.10 Å². The maximum atomic E-state index is 13.1. The molecule has 3 atom stereocenters. The number of benzene rings is 2. The van der Waals surface area contributed by atoms with E-state index in [4.69, 9.17) is 9.47 Å². The quantitative estimate of drug-likeness (QED) is 0.449. The van der Waals surface area contributed by atoms with Gasteiger partial charge in [-0.3, -0.25) is 9.10 Å². The Morgan fingerprint density at radius 3 is 2.40 bits per heavy atom. The van der Waals surface area contributed by atoms with Crippen LogP contribution in [0.3, 0.4) is 0 Å². The fourth-order valence-corrected chi connectivity index (χ4v) is 5.98. The molecule has 3 unspecified atom stereocenters. The second-order valence-corrected chi connectivity index (χ2v) is 10.8. The number of hydrogen-bond donors (Lipinski definition) is 0. The third kappa shape index (κ3) is 5.57. The Morgan fingerprint density at radius 1 is 1.06 bits per heavy atom. The minimum Gasteiger partial charge on any atom is -0.449 e. The summed E-state index contributed by atoms with van der Waals surface area (Å²) in [5.41, 5.74) is 2.36. The Balaban J connectivity index is 1.36. The van der Waals surface area contributed by atoms with Crippen molar-refractivity contribution in [3.05, 3.63) is 65.7 Å². The van der Waals surface area contributed by atoms with E-state index in [1.807, 2.05) is 38.1 Å². The van der Waals surface area contributed by atoms with E-state index >= 15 is 0 Å². The molecule has 0 saturated carbocycles. The lowest BCUT2D eigenvalue weighted by Gasteiger charge is -2.36. The number of esters is 1. The predicted molar refractivity (Wildman–Crippen MR) is 132 cm³/mol. The van der Waals surface area contributed by atoms with E-state index in [0.29, 0.717) is 37.3 Å². The molecule has 2 aliphatic rings. The summed E-state index contributed by atoms with van der Waals surface area (Å²) in [5, 5.41) is 0. The van der Waals surface area contributed by atoms with Gasteiger partial charge in [0, 0.05) is 25.7 Å². The predicted octanol–water partition coefficient (Wildman–Crippen LogP) is 3.02.